The first kappa shape index (κ1) is 20.3. The largest absolute Gasteiger partial charge is 0.343 e. The summed E-state index contributed by atoms with van der Waals surface area (Å²) in [6, 6.07) is 7.20. The van der Waals surface area contributed by atoms with Crippen LogP contribution in [-0.4, -0.2) is 61.4 Å². The van der Waals surface area contributed by atoms with Crippen LogP contribution in [0, 0.1) is 0 Å². The molecule has 1 fully saturated rings. The highest BCUT2D eigenvalue weighted by atomic mass is 32.3. The van der Waals surface area contributed by atoms with Crippen molar-refractivity contribution in [3.05, 3.63) is 42.4 Å². The topological polar surface area (TPSA) is 119 Å². The molecule has 0 unspecified atom stereocenters. The van der Waals surface area contributed by atoms with Crippen molar-refractivity contribution in [1.29, 1.82) is 0 Å². The number of hydrogen-bond acceptors (Lipinski definition) is 6. The number of H-pyrrole nitrogens is 1. The lowest BCUT2D eigenvalue weighted by Gasteiger charge is -2.40. The van der Waals surface area contributed by atoms with Crippen LogP contribution in [-0.2, 0) is 10.0 Å². The molecule has 1 aliphatic heterocycles. The first-order valence-electron chi connectivity index (χ1n) is 9.35. The number of fused-ring (bicyclic) bond motifs is 1. The molecule has 10 heteroatoms. The van der Waals surface area contributed by atoms with Gasteiger partial charge in [0.15, 0.2) is 5.03 Å². The van der Waals surface area contributed by atoms with E-state index in [4.69, 9.17) is 0 Å². The van der Waals surface area contributed by atoms with Gasteiger partial charge in [0.05, 0.1) is 11.5 Å². The minimum Gasteiger partial charge on any atom is -0.343 e. The maximum Gasteiger partial charge on any atom is 0.260 e. The second-order valence-electron chi connectivity index (χ2n) is 7.50. The van der Waals surface area contributed by atoms with Gasteiger partial charge in [-0.2, -0.15) is 14.9 Å². The average Bonchev–Trinajstić information content (AvgIpc) is 3.12. The summed E-state index contributed by atoms with van der Waals surface area (Å²) < 4.78 is 46.3. The van der Waals surface area contributed by atoms with Gasteiger partial charge in [-0.1, -0.05) is 13.8 Å². The molecule has 4 heterocycles. The third-order valence-corrected chi connectivity index (χ3v) is 8.65. The van der Waals surface area contributed by atoms with Gasteiger partial charge in [-0.25, -0.2) is 18.4 Å². The number of hydrogen-bond donors (Lipinski definition) is 3. The Hall–Kier alpha value is -1.98. The Morgan fingerprint density at radius 3 is 2.48 bits per heavy atom. The standard InChI is InChI=1S/C19H24N4O4S2/c1-13(2)17-11-16-15(5-6-20-19(16)22-17)14-3-4-18(21-12-14)29(26,27)23-7-9-28(24,25)10-8-23/h3-6,11-13,24-25H,7-10H2,1-2H3,(H,20,22). The van der Waals surface area contributed by atoms with Gasteiger partial charge < -0.3 is 4.98 Å². The first-order chi connectivity index (χ1) is 13.7. The molecule has 1 aliphatic rings. The van der Waals surface area contributed by atoms with E-state index in [0.717, 1.165) is 27.9 Å². The molecule has 0 aromatic carbocycles. The highest BCUT2D eigenvalue weighted by Gasteiger charge is 2.32. The van der Waals surface area contributed by atoms with Crippen LogP contribution in [0.15, 0.2) is 41.7 Å². The zero-order valence-corrected chi connectivity index (χ0v) is 17.9. The van der Waals surface area contributed by atoms with Crippen molar-refractivity contribution in [3.8, 4) is 11.1 Å². The van der Waals surface area contributed by atoms with E-state index in [1.54, 1.807) is 18.5 Å². The predicted molar refractivity (Wildman–Crippen MR) is 115 cm³/mol. The van der Waals surface area contributed by atoms with Crippen LogP contribution < -0.4 is 0 Å². The molecule has 3 aromatic heterocycles. The minimum atomic E-state index is -3.77. The summed E-state index contributed by atoms with van der Waals surface area (Å²) >= 11 is 0. The minimum absolute atomic E-state index is 0.0399. The van der Waals surface area contributed by atoms with Gasteiger partial charge in [0.25, 0.3) is 10.0 Å². The molecule has 8 nitrogen and oxygen atoms in total. The van der Waals surface area contributed by atoms with Gasteiger partial charge in [0.1, 0.15) is 5.65 Å². The average molecular weight is 437 g/mol. The third kappa shape index (κ3) is 3.90. The third-order valence-electron chi connectivity index (χ3n) is 5.16. The van der Waals surface area contributed by atoms with Crippen molar-refractivity contribution >= 4 is 31.6 Å². The quantitative estimate of drug-likeness (QED) is 0.576. The van der Waals surface area contributed by atoms with Crippen molar-refractivity contribution in [2.45, 2.75) is 24.8 Å². The summed E-state index contributed by atoms with van der Waals surface area (Å²) in [4.78, 5) is 11.9. The van der Waals surface area contributed by atoms with Crippen molar-refractivity contribution in [2.75, 3.05) is 24.6 Å². The Kier molecular flexibility index (Phi) is 5.16. The SMILES string of the molecule is CC(C)c1cc2c(-c3ccc(S(=O)(=O)N4CCS(O)(O)CC4)nc3)ccnc2[nH]1. The van der Waals surface area contributed by atoms with Crippen LogP contribution in [0.5, 0.6) is 0 Å². The van der Waals surface area contributed by atoms with Crippen LogP contribution in [0.3, 0.4) is 0 Å². The fourth-order valence-corrected chi connectivity index (χ4v) is 6.20. The summed E-state index contributed by atoms with van der Waals surface area (Å²) in [6.45, 7) is 4.37. The monoisotopic (exact) mass is 436 g/mol. The molecule has 0 saturated carbocycles. The van der Waals surface area contributed by atoms with E-state index in [1.807, 2.05) is 6.07 Å². The molecule has 4 rings (SSSR count). The van der Waals surface area contributed by atoms with Crippen molar-refractivity contribution in [2.24, 2.45) is 0 Å². The van der Waals surface area contributed by atoms with E-state index in [2.05, 4.69) is 34.9 Å². The zero-order valence-electron chi connectivity index (χ0n) is 16.2. The number of nitrogens with one attached hydrogen (secondary N) is 1. The first-order valence-corrected chi connectivity index (χ1v) is 12.7. The number of pyridine rings is 2. The van der Waals surface area contributed by atoms with Crippen molar-refractivity contribution in [1.82, 2.24) is 19.3 Å². The van der Waals surface area contributed by atoms with E-state index in [-0.39, 0.29) is 29.6 Å². The summed E-state index contributed by atoms with van der Waals surface area (Å²) in [6.07, 6.45) is 3.27. The summed E-state index contributed by atoms with van der Waals surface area (Å²) in [5.74, 6) is 0.460. The van der Waals surface area contributed by atoms with Gasteiger partial charge in [-0.05, 0) is 35.7 Å². The maximum atomic E-state index is 12.8. The van der Waals surface area contributed by atoms with Crippen LogP contribution >= 0.6 is 10.6 Å². The van der Waals surface area contributed by atoms with E-state index < -0.39 is 20.6 Å². The number of aromatic amines is 1. The van der Waals surface area contributed by atoms with E-state index in [0.29, 0.717) is 5.92 Å². The predicted octanol–water partition coefficient (Wildman–Crippen LogP) is 3.50. The fourth-order valence-electron chi connectivity index (χ4n) is 3.38. The molecule has 0 radical (unpaired) electrons. The molecule has 3 N–H and O–H groups in total. The number of aromatic nitrogens is 3. The molecular weight excluding hydrogens is 412 g/mol. The van der Waals surface area contributed by atoms with E-state index in [9.17, 15) is 17.5 Å². The molecular formula is C19H24N4O4S2. The molecule has 0 spiro atoms. The maximum absolute atomic E-state index is 12.8. The number of rotatable bonds is 4. The molecule has 29 heavy (non-hydrogen) atoms. The Labute approximate surface area is 171 Å². The molecule has 156 valence electrons. The van der Waals surface area contributed by atoms with Crippen molar-refractivity contribution in [3.63, 3.8) is 0 Å². The van der Waals surface area contributed by atoms with Crippen LogP contribution in [0.25, 0.3) is 22.2 Å². The summed E-state index contributed by atoms with van der Waals surface area (Å²) in [7, 11) is -6.43. The Morgan fingerprint density at radius 2 is 1.86 bits per heavy atom. The normalized spacial score (nSPS) is 18.9. The van der Waals surface area contributed by atoms with Crippen LogP contribution in [0.4, 0.5) is 0 Å². The Bertz CT molecular complexity index is 1130. The van der Waals surface area contributed by atoms with Gasteiger partial charge in [-0.3, -0.25) is 9.11 Å². The Balaban J connectivity index is 1.64. The second-order valence-corrected chi connectivity index (χ2v) is 11.8. The van der Waals surface area contributed by atoms with Gasteiger partial charge in [-0.15, -0.1) is 0 Å². The van der Waals surface area contributed by atoms with Crippen LogP contribution in [0.2, 0.25) is 0 Å². The molecule has 0 aliphatic carbocycles. The second kappa shape index (κ2) is 7.37. The van der Waals surface area contributed by atoms with E-state index in [1.165, 1.54) is 10.4 Å². The summed E-state index contributed by atoms with van der Waals surface area (Å²) in [5.41, 5.74) is 3.61. The highest BCUT2D eigenvalue weighted by Crippen LogP contribution is 2.41. The molecule has 0 atom stereocenters. The number of nitrogens with zero attached hydrogens (tertiary/aromatic N) is 3. The smallest absolute Gasteiger partial charge is 0.260 e. The van der Waals surface area contributed by atoms with E-state index >= 15 is 0 Å². The molecule has 0 amide bonds. The van der Waals surface area contributed by atoms with Crippen molar-refractivity contribution < 1.29 is 17.5 Å². The fraction of sp³-hybridized carbons (Fsp3) is 0.368. The lowest BCUT2D eigenvalue weighted by Crippen LogP contribution is -2.42. The highest BCUT2D eigenvalue weighted by molar-refractivity contribution is 8.24. The van der Waals surface area contributed by atoms with Gasteiger partial charge in [0, 0.05) is 42.1 Å². The zero-order chi connectivity index (χ0) is 20.8. The lowest BCUT2D eigenvalue weighted by molar-refractivity contribution is 0.401. The summed E-state index contributed by atoms with van der Waals surface area (Å²) in [5, 5.41) is 0.928. The van der Waals surface area contributed by atoms with Crippen LogP contribution in [0.1, 0.15) is 25.5 Å². The Morgan fingerprint density at radius 1 is 1.14 bits per heavy atom. The number of sulfonamides is 1. The van der Waals surface area contributed by atoms with Gasteiger partial charge in [0.2, 0.25) is 0 Å². The molecule has 1 saturated heterocycles. The molecule has 3 aromatic rings. The van der Waals surface area contributed by atoms with Gasteiger partial charge >= 0.3 is 0 Å². The molecule has 0 bridgehead atoms. The lowest BCUT2D eigenvalue weighted by atomic mass is 10.0.